The Morgan fingerprint density at radius 1 is 0.929 bits per heavy atom. The third kappa shape index (κ3) is 5.75. The van der Waals surface area contributed by atoms with Gasteiger partial charge in [0.25, 0.3) is 0 Å². The highest BCUT2D eigenvalue weighted by Gasteiger charge is 2.14. The molecule has 1 aromatic carbocycles. The van der Waals surface area contributed by atoms with Crippen LogP contribution in [0.5, 0.6) is 0 Å². The van der Waals surface area contributed by atoms with Crippen LogP contribution >= 0.6 is 0 Å². The number of hydrogen-bond donors (Lipinski definition) is 3. The predicted molar refractivity (Wildman–Crippen MR) is 122 cm³/mol. The maximum absolute atomic E-state index is 6.30. The summed E-state index contributed by atoms with van der Waals surface area (Å²) in [6.45, 7) is 17.0. The molecule has 7 nitrogen and oxygen atoms in total. The Morgan fingerprint density at radius 2 is 1.54 bits per heavy atom. The average molecular weight is 390 g/mol. The molecule has 0 fully saturated rings. The molecule has 0 unspecified atom stereocenters. The molecule has 28 heavy (non-hydrogen) atoms. The molecule has 0 aliphatic rings. The summed E-state index contributed by atoms with van der Waals surface area (Å²) in [7, 11) is 0. The first kappa shape index (κ1) is 22.3. The van der Waals surface area contributed by atoms with Crippen molar-refractivity contribution >= 4 is 28.1 Å². The van der Waals surface area contributed by atoms with E-state index in [0.717, 1.165) is 81.9 Å². The van der Waals surface area contributed by atoms with Crippen LogP contribution in [0, 0.1) is 0 Å². The maximum atomic E-state index is 6.30. The van der Waals surface area contributed by atoms with E-state index in [0.29, 0.717) is 11.4 Å². The quantitative estimate of drug-likeness (QED) is 0.360. The standard InChI is InChI=1S/C21H39N7/c1-5-26(6-2)12-9-11-24-21-18-15-17(22)16-19(23)20(18)28(25-21)14-10-13-27(7-3)8-4/h15-16H,5-14,22-23H2,1-4H3,(H,24,25). The summed E-state index contributed by atoms with van der Waals surface area (Å²) in [6.07, 6.45) is 2.12. The molecule has 0 saturated heterocycles. The zero-order chi connectivity index (χ0) is 20.5. The van der Waals surface area contributed by atoms with Gasteiger partial charge < -0.3 is 26.6 Å². The molecule has 0 saturated carbocycles. The highest BCUT2D eigenvalue weighted by molar-refractivity contribution is 5.99. The van der Waals surface area contributed by atoms with Crippen molar-refractivity contribution in [1.82, 2.24) is 19.6 Å². The number of nitrogens with one attached hydrogen (secondary N) is 1. The molecular weight excluding hydrogens is 350 g/mol. The lowest BCUT2D eigenvalue weighted by molar-refractivity contribution is 0.292. The largest absolute Gasteiger partial charge is 0.399 e. The first-order valence-electron chi connectivity index (χ1n) is 10.8. The summed E-state index contributed by atoms with van der Waals surface area (Å²) in [5.74, 6) is 0.886. The van der Waals surface area contributed by atoms with Gasteiger partial charge in [-0.2, -0.15) is 5.10 Å². The molecule has 0 spiro atoms. The van der Waals surface area contributed by atoms with E-state index in [9.17, 15) is 0 Å². The molecule has 2 aromatic rings. The van der Waals surface area contributed by atoms with E-state index < -0.39 is 0 Å². The lowest BCUT2D eigenvalue weighted by Gasteiger charge is -2.17. The number of rotatable bonds is 13. The first-order valence-corrected chi connectivity index (χ1v) is 10.8. The van der Waals surface area contributed by atoms with Crippen molar-refractivity contribution in [1.29, 1.82) is 0 Å². The van der Waals surface area contributed by atoms with Crippen LogP contribution in [-0.4, -0.2) is 65.4 Å². The van der Waals surface area contributed by atoms with Gasteiger partial charge in [-0.15, -0.1) is 0 Å². The van der Waals surface area contributed by atoms with Crippen LogP contribution in [0.15, 0.2) is 12.1 Å². The number of fused-ring (bicyclic) bond motifs is 1. The summed E-state index contributed by atoms with van der Waals surface area (Å²) in [4.78, 5) is 4.86. The molecular formula is C21H39N7. The molecule has 0 radical (unpaired) electrons. The molecule has 158 valence electrons. The van der Waals surface area contributed by atoms with E-state index in [2.05, 4.69) is 42.8 Å². The molecule has 7 heteroatoms. The van der Waals surface area contributed by atoms with Crippen LogP contribution in [0.4, 0.5) is 17.2 Å². The van der Waals surface area contributed by atoms with Crippen LogP contribution in [0.2, 0.25) is 0 Å². The lowest BCUT2D eigenvalue weighted by Crippen LogP contribution is -2.25. The molecule has 0 atom stereocenters. The van der Waals surface area contributed by atoms with Crippen molar-refractivity contribution in [3.8, 4) is 0 Å². The second-order valence-electron chi connectivity index (χ2n) is 7.27. The van der Waals surface area contributed by atoms with Crippen molar-refractivity contribution in [2.45, 2.75) is 47.1 Å². The Labute approximate surface area is 170 Å². The fraction of sp³-hybridized carbons (Fsp3) is 0.667. The van der Waals surface area contributed by atoms with E-state index in [-0.39, 0.29) is 0 Å². The van der Waals surface area contributed by atoms with Crippen molar-refractivity contribution in [2.75, 3.05) is 62.6 Å². The highest BCUT2D eigenvalue weighted by atomic mass is 15.3. The van der Waals surface area contributed by atoms with Gasteiger partial charge in [0.1, 0.15) is 0 Å². The van der Waals surface area contributed by atoms with Gasteiger partial charge in [0.15, 0.2) is 5.82 Å². The summed E-state index contributed by atoms with van der Waals surface area (Å²) >= 11 is 0. The number of aromatic nitrogens is 2. The Morgan fingerprint density at radius 3 is 2.14 bits per heavy atom. The van der Waals surface area contributed by atoms with Gasteiger partial charge >= 0.3 is 0 Å². The third-order valence-corrected chi connectivity index (χ3v) is 5.47. The lowest BCUT2D eigenvalue weighted by atomic mass is 10.2. The van der Waals surface area contributed by atoms with E-state index in [1.165, 1.54) is 0 Å². The van der Waals surface area contributed by atoms with Gasteiger partial charge in [-0.1, -0.05) is 27.7 Å². The summed E-state index contributed by atoms with van der Waals surface area (Å²) in [5, 5.41) is 9.36. The van der Waals surface area contributed by atoms with E-state index in [1.54, 1.807) is 0 Å². The second-order valence-corrected chi connectivity index (χ2v) is 7.27. The van der Waals surface area contributed by atoms with Crippen LogP contribution < -0.4 is 16.8 Å². The van der Waals surface area contributed by atoms with Crippen LogP contribution in [0.1, 0.15) is 40.5 Å². The molecule has 0 amide bonds. The Bertz CT molecular complexity index is 717. The Hall–Kier alpha value is -1.99. The number of anilines is 3. The fourth-order valence-corrected chi connectivity index (χ4v) is 3.70. The summed E-state index contributed by atoms with van der Waals surface area (Å²) in [5.41, 5.74) is 14.7. The van der Waals surface area contributed by atoms with Crippen molar-refractivity contribution in [3.63, 3.8) is 0 Å². The average Bonchev–Trinajstić information content (AvgIpc) is 3.03. The zero-order valence-corrected chi connectivity index (χ0v) is 18.2. The third-order valence-electron chi connectivity index (χ3n) is 5.47. The number of aryl methyl sites for hydroxylation is 1. The predicted octanol–water partition coefficient (Wildman–Crippen LogP) is 3.08. The Kier molecular flexibility index (Phi) is 8.86. The van der Waals surface area contributed by atoms with Crippen molar-refractivity contribution in [3.05, 3.63) is 12.1 Å². The van der Waals surface area contributed by atoms with Crippen LogP contribution in [0.3, 0.4) is 0 Å². The van der Waals surface area contributed by atoms with E-state index in [4.69, 9.17) is 16.6 Å². The minimum Gasteiger partial charge on any atom is -0.399 e. The van der Waals surface area contributed by atoms with E-state index >= 15 is 0 Å². The summed E-state index contributed by atoms with van der Waals surface area (Å²) in [6, 6.07) is 3.81. The maximum Gasteiger partial charge on any atom is 0.156 e. The minimum absolute atomic E-state index is 0.680. The molecule has 1 aromatic heterocycles. The van der Waals surface area contributed by atoms with Crippen molar-refractivity contribution < 1.29 is 0 Å². The molecule has 5 N–H and O–H groups in total. The molecule has 0 bridgehead atoms. The fourth-order valence-electron chi connectivity index (χ4n) is 3.70. The van der Waals surface area contributed by atoms with Crippen molar-refractivity contribution in [2.24, 2.45) is 0 Å². The topological polar surface area (TPSA) is 88.4 Å². The first-order chi connectivity index (χ1) is 13.5. The van der Waals surface area contributed by atoms with Crippen LogP contribution in [0.25, 0.3) is 10.9 Å². The zero-order valence-electron chi connectivity index (χ0n) is 18.2. The number of benzene rings is 1. The van der Waals surface area contributed by atoms with Gasteiger partial charge in [0.2, 0.25) is 0 Å². The van der Waals surface area contributed by atoms with Crippen LogP contribution in [-0.2, 0) is 6.54 Å². The number of nitrogens with zero attached hydrogens (tertiary/aromatic N) is 4. The normalized spacial score (nSPS) is 11.8. The van der Waals surface area contributed by atoms with Gasteiger partial charge in [-0.3, -0.25) is 4.68 Å². The summed E-state index contributed by atoms with van der Waals surface area (Å²) < 4.78 is 2.04. The van der Waals surface area contributed by atoms with Gasteiger partial charge in [-0.25, -0.2) is 0 Å². The SMILES string of the molecule is CCN(CC)CCCNc1nn(CCCN(CC)CC)c2c(N)cc(N)cc12. The van der Waals surface area contributed by atoms with Gasteiger partial charge in [0, 0.05) is 24.2 Å². The van der Waals surface area contributed by atoms with Gasteiger partial charge in [0.05, 0.1) is 11.2 Å². The van der Waals surface area contributed by atoms with E-state index in [1.807, 2.05) is 16.8 Å². The molecule has 0 aliphatic heterocycles. The second kappa shape index (κ2) is 11.1. The monoisotopic (exact) mass is 389 g/mol. The smallest absolute Gasteiger partial charge is 0.156 e. The number of hydrogen-bond acceptors (Lipinski definition) is 6. The minimum atomic E-state index is 0.680. The Balaban J connectivity index is 2.10. The number of nitrogens with two attached hydrogens (primary N) is 2. The van der Waals surface area contributed by atoms with Gasteiger partial charge in [-0.05, 0) is 64.2 Å². The molecule has 0 aliphatic carbocycles. The number of nitrogen functional groups attached to an aromatic ring is 2. The molecule has 1 heterocycles. The highest BCUT2D eigenvalue weighted by Crippen LogP contribution is 2.30. The molecule has 2 rings (SSSR count).